The minimum Gasteiger partial charge on any atom is -0.464 e. The van der Waals surface area contributed by atoms with Crippen molar-refractivity contribution in [2.45, 2.75) is 26.3 Å². The second kappa shape index (κ2) is 3.36. The van der Waals surface area contributed by atoms with Gasteiger partial charge in [-0.15, -0.1) is 0 Å². The Hall–Kier alpha value is -1.45. The molecule has 1 fully saturated rings. The molecule has 1 amide bonds. The highest BCUT2D eigenvalue weighted by Gasteiger charge is 2.23. The molecule has 1 aliphatic heterocycles. The molecule has 2 heterocycles. The number of cyclic esters (lactones) is 1. The first-order chi connectivity index (χ1) is 6.66. The van der Waals surface area contributed by atoms with Crippen molar-refractivity contribution in [3.8, 4) is 0 Å². The van der Waals surface area contributed by atoms with E-state index in [0.29, 0.717) is 6.61 Å². The molecule has 0 aromatic carbocycles. The molecule has 1 N–H and O–H groups in total. The van der Waals surface area contributed by atoms with Gasteiger partial charge in [0, 0.05) is 6.42 Å². The zero-order valence-corrected chi connectivity index (χ0v) is 8.29. The third-order valence-electron chi connectivity index (χ3n) is 2.46. The summed E-state index contributed by atoms with van der Waals surface area (Å²) in [5.74, 6) is 1.72. The summed E-state index contributed by atoms with van der Waals surface area (Å²) in [5, 5.41) is 2.72. The van der Waals surface area contributed by atoms with Crippen LogP contribution in [0, 0.1) is 13.8 Å². The third-order valence-corrected chi connectivity index (χ3v) is 2.46. The first kappa shape index (κ1) is 9.12. The maximum absolute atomic E-state index is 11.0. The molecular formula is C10H13NO3. The highest BCUT2D eigenvalue weighted by atomic mass is 16.6. The average molecular weight is 195 g/mol. The smallest absolute Gasteiger partial charge is 0.407 e. The van der Waals surface area contributed by atoms with Gasteiger partial charge in [-0.1, -0.05) is 0 Å². The van der Waals surface area contributed by atoms with E-state index in [2.05, 4.69) is 5.32 Å². The number of carbonyl (C=O) groups is 1. The van der Waals surface area contributed by atoms with E-state index in [1.54, 1.807) is 0 Å². The largest absolute Gasteiger partial charge is 0.464 e. The van der Waals surface area contributed by atoms with Crippen molar-refractivity contribution in [3.63, 3.8) is 0 Å². The summed E-state index contributed by atoms with van der Waals surface area (Å²) in [5.41, 5.74) is 1.11. The predicted molar refractivity (Wildman–Crippen MR) is 50.0 cm³/mol. The van der Waals surface area contributed by atoms with E-state index < -0.39 is 0 Å². The SMILES string of the molecule is Cc1cc(C2CCOC(=O)N2)oc1C. The molecule has 1 saturated heterocycles. The Kier molecular flexibility index (Phi) is 2.19. The lowest BCUT2D eigenvalue weighted by Gasteiger charge is -2.21. The fraction of sp³-hybridized carbons (Fsp3) is 0.500. The van der Waals surface area contributed by atoms with Crippen LogP contribution in [0.3, 0.4) is 0 Å². The number of carbonyl (C=O) groups excluding carboxylic acids is 1. The van der Waals surface area contributed by atoms with Gasteiger partial charge < -0.3 is 14.5 Å². The van der Waals surface area contributed by atoms with Gasteiger partial charge in [-0.2, -0.15) is 0 Å². The first-order valence-electron chi connectivity index (χ1n) is 4.67. The van der Waals surface area contributed by atoms with Crippen LogP contribution < -0.4 is 5.32 Å². The first-order valence-corrected chi connectivity index (χ1v) is 4.67. The van der Waals surface area contributed by atoms with Crippen LogP contribution in [0.4, 0.5) is 4.79 Å². The van der Waals surface area contributed by atoms with E-state index >= 15 is 0 Å². The molecule has 0 spiro atoms. The zero-order valence-electron chi connectivity index (χ0n) is 8.29. The van der Waals surface area contributed by atoms with Crippen molar-refractivity contribution < 1.29 is 13.9 Å². The van der Waals surface area contributed by atoms with E-state index in [1.807, 2.05) is 19.9 Å². The van der Waals surface area contributed by atoms with E-state index in [0.717, 1.165) is 23.5 Å². The molecule has 0 radical (unpaired) electrons. The summed E-state index contributed by atoms with van der Waals surface area (Å²) < 4.78 is 10.3. The van der Waals surface area contributed by atoms with Crippen LogP contribution in [0.5, 0.6) is 0 Å². The van der Waals surface area contributed by atoms with Gasteiger partial charge >= 0.3 is 6.09 Å². The van der Waals surface area contributed by atoms with Crippen molar-refractivity contribution in [2.24, 2.45) is 0 Å². The van der Waals surface area contributed by atoms with Crippen LogP contribution in [-0.4, -0.2) is 12.7 Å². The van der Waals surface area contributed by atoms with E-state index in [1.165, 1.54) is 0 Å². The standard InChI is InChI=1S/C10H13NO3/c1-6-5-9(14-7(6)2)8-3-4-13-10(12)11-8/h5,8H,3-4H2,1-2H3,(H,11,12). The van der Waals surface area contributed by atoms with Crippen LogP contribution in [0.25, 0.3) is 0 Å². The van der Waals surface area contributed by atoms with Gasteiger partial charge in [0.1, 0.15) is 11.5 Å². The summed E-state index contributed by atoms with van der Waals surface area (Å²) in [7, 11) is 0. The predicted octanol–water partition coefficient (Wildman–Crippen LogP) is 2.07. The molecule has 1 atom stereocenters. The number of nitrogens with one attached hydrogen (secondary N) is 1. The number of rotatable bonds is 1. The lowest BCUT2D eigenvalue weighted by atomic mass is 10.1. The average Bonchev–Trinajstić information content (AvgIpc) is 2.47. The summed E-state index contributed by atoms with van der Waals surface area (Å²) in [6.45, 7) is 4.36. The number of hydrogen-bond donors (Lipinski definition) is 1. The van der Waals surface area contributed by atoms with Crippen LogP contribution >= 0.6 is 0 Å². The minimum atomic E-state index is -0.368. The molecule has 0 bridgehead atoms. The van der Waals surface area contributed by atoms with Crippen molar-refractivity contribution >= 4 is 6.09 Å². The van der Waals surface area contributed by atoms with Crippen LogP contribution in [0.1, 0.15) is 29.5 Å². The summed E-state index contributed by atoms with van der Waals surface area (Å²) >= 11 is 0. The zero-order chi connectivity index (χ0) is 10.1. The highest BCUT2D eigenvalue weighted by molar-refractivity contribution is 5.68. The Bertz CT molecular complexity index is 337. The maximum atomic E-state index is 11.0. The van der Waals surface area contributed by atoms with Crippen LogP contribution in [-0.2, 0) is 4.74 Å². The van der Waals surface area contributed by atoms with Gasteiger partial charge in [0.25, 0.3) is 0 Å². The van der Waals surface area contributed by atoms with Crippen LogP contribution in [0.2, 0.25) is 0 Å². The van der Waals surface area contributed by atoms with Crippen molar-refractivity contribution in [3.05, 3.63) is 23.2 Å². The Morgan fingerprint density at radius 2 is 2.29 bits per heavy atom. The second-order valence-electron chi connectivity index (χ2n) is 3.51. The summed E-state index contributed by atoms with van der Waals surface area (Å²) in [4.78, 5) is 11.0. The maximum Gasteiger partial charge on any atom is 0.407 e. The van der Waals surface area contributed by atoms with Gasteiger partial charge in [-0.05, 0) is 25.5 Å². The van der Waals surface area contributed by atoms with E-state index in [-0.39, 0.29) is 12.1 Å². The number of amides is 1. The molecule has 4 nitrogen and oxygen atoms in total. The number of furan rings is 1. The lowest BCUT2D eigenvalue weighted by Crippen LogP contribution is -2.35. The minimum absolute atomic E-state index is 0.0383. The molecule has 1 aromatic rings. The van der Waals surface area contributed by atoms with Gasteiger partial charge in [-0.25, -0.2) is 4.79 Å². The molecule has 1 unspecified atom stereocenters. The monoisotopic (exact) mass is 195 g/mol. The Balaban J connectivity index is 2.17. The summed E-state index contributed by atoms with van der Waals surface area (Å²) in [6.07, 6.45) is 0.394. The van der Waals surface area contributed by atoms with Gasteiger partial charge in [0.2, 0.25) is 0 Å². The van der Waals surface area contributed by atoms with Gasteiger partial charge in [0.15, 0.2) is 0 Å². The molecule has 0 saturated carbocycles. The molecule has 4 heteroatoms. The van der Waals surface area contributed by atoms with Gasteiger partial charge in [-0.3, -0.25) is 0 Å². The normalized spacial score (nSPS) is 21.6. The second-order valence-corrected chi connectivity index (χ2v) is 3.51. The Morgan fingerprint density at radius 1 is 1.50 bits per heavy atom. The molecular weight excluding hydrogens is 182 g/mol. The van der Waals surface area contributed by atoms with Crippen molar-refractivity contribution in [2.75, 3.05) is 6.61 Å². The fourth-order valence-corrected chi connectivity index (χ4v) is 1.51. The van der Waals surface area contributed by atoms with E-state index in [4.69, 9.17) is 9.15 Å². The molecule has 2 rings (SSSR count). The molecule has 1 aliphatic rings. The van der Waals surface area contributed by atoms with Crippen molar-refractivity contribution in [1.29, 1.82) is 0 Å². The third kappa shape index (κ3) is 1.60. The number of alkyl carbamates (subject to hydrolysis) is 1. The Labute approximate surface area is 82.2 Å². The number of aryl methyl sites for hydroxylation is 2. The lowest BCUT2D eigenvalue weighted by molar-refractivity contribution is 0.111. The van der Waals surface area contributed by atoms with Crippen molar-refractivity contribution in [1.82, 2.24) is 5.32 Å². The molecule has 14 heavy (non-hydrogen) atoms. The van der Waals surface area contributed by atoms with Crippen LogP contribution in [0.15, 0.2) is 10.5 Å². The molecule has 1 aromatic heterocycles. The fourth-order valence-electron chi connectivity index (χ4n) is 1.51. The topological polar surface area (TPSA) is 51.5 Å². The number of ether oxygens (including phenoxy) is 1. The number of hydrogen-bond acceptors (Lipinski definition) is 3. The molecule has 0 aliphatic carbocycles. The molecule has 76 valence electrons. The quantitative estimate of drug-likeness (QED) is 0.746. The Morgan fingerprint density at radius 3 is 2.86 bits per heavy atom. The highest BCUT2D eigenvalue weighted by Crippen LogP contribution is 2.24. The summed E-state index contributed by atoms with van der Waals surface area (Å²) in [6, 6.07) is 1.93. The van der Waals surface area contributed by atoms with E-state index in [9.17, 15) is 4.79 Å². The van der Waals surface area contributed by atoms with Gasteiger partial charge in [0.05, 0.1) is 12.6 Å².